The lowest BCUT2D eigenvalue weighted by Crippen LogP contribution is -2.37. The summed E-state index contributed by atoms with van der Waals surface area (Å²) in [7, 11) is 0. The normalized spacial score (nSPS) is 20.0. The molecule has 0 saturated carbocycles. The Morgan fingerprint density at radius 2 is 1.86 bits per heavy atom. The largest absolute Gasteiger partial charge is 0.462 e. The van der Waals surface area contributed by atoms with Crippen LogP contribution in [0.15, 0.2) is 24.3 Å². The molecule has 0 bridgehead atoms. The van der Waals surface area contributed by atoms with Crippen molar-refractivity contribution in [2.75, 3.05) is 19.8 Å². The maximum atomic E-state index is 12.8. The van der Waals surface area contributed by atoms with E-state index in [9.17, 15) is 9.59 Å². The van der Waals surface area contributed by atoms with Gasteiger partial charge in [0.1, 0.15) is 0 Å². The fraction of sp³-hybridized carbons (Fsp3) is 0.636. The Balaban J connectivity index is 2.06. The minimum atomic E-state index is -1.36. The number of rotatable bonds is 11. The second-order valence-corrected chi connectivity index (χ2v) is 7.02. The molecule has 0 aliphatic carbocycles. The molecule has 2 rings (SSSR count). The minimum absolute atomic E-state index is 0.156. The molecule has 1 fully saturated rings. The highest BCUT2D eigenvalue weighted by Gasteiger charge is 2.41. The van der Waals surface area contributed by atoms with Crippen molar-refractivity contribution in [3.63, 3.8) is 0 Å². The average Bonchev–Trinajstić information content (AvgIpc) is 3.16. The van der Waals surface area contributed by atoms with Crippen molar-refractivity contribution < 1.29 is 28.5 Å². The summed E-state index contributed by atoms with van der Waals surface area (Å²) in [5.74, 6) is -2.20. The van der Waals surface area contributed by atoms with E-state index in [0.29, 0.717) is 32.2 Å². The van der Waals surface area contributed by atoms with Crippen LogP contribution in [-0.2, 0) is 18.9 Å². The zero-order chi connectivity index (χ0) is 20.4. The number of carbonyl (C=O) groups excluding carboxylic acids is 2. The van der Waals surface area contributed by atoms with E-state index in [0.717, 1.165) is 32.1 Å². The molecule has 0 radical (unpaired) electrons. The number of ether oxygens (including phenoxy) is 4. The molecule has 1 heterocycles. The van der Waals surface area contributed by atoms with Crippen molar-refractivity contribution in [3.05, 3.63) is 35.4 Å². The van der Waals surface area contributed by atoms with Gasteiger partial charge in [0, 0.05) is 6.42 Å². The van der Waals surface area contributed by atoms with Crippen molar-refractivity contribution in [3.8, 4) is 0 Å². The van der Waals surface area contributed by atoms with Crippen LogP contribution in [0, 0.1) is 5.92 Å². The zero-order valence-corrected chi connectivity index (χ0v) is 17.2. The summed E-state index contributed by atoms with van der Waals surface area (Å²) in [5, 5.41) is 0. The number of esters is 2. The van der Waals surface area contributed by atoms with E-state index < -0.39 is 17.9 Å². The van der Waals surface area contributed by atoms with Crippen LogP contribution in [0.25, 0.3) is 0 Å². The first kappa shape index (κ1) is 22.4. The van der Waals surface area contributed by atoms with Crippen LogP contribution in [0.4, 0.5) is 0 Å². The lowest BCUT2D eigenvalue weighted by Gasteiger charge is -2.27. The first-order valence-corrected chi connectivity index (χ1v) is 10.3. The molecule has 2 unspecified atom stereocenters. The molecule has 6 nitrogen and oxygen atoms in total. The molecule has 0 spiro atoms. The number of unbranched alkanes of at least 4 members (excludes halogenated alkanes) is 1. The molecule has 1 aromatic rings. The quantitative estimate of drug-likeness (QED) is 0.401. The van der Waals surface area contributed by atoms with Gasteiger partial charge in [-0.2, -0.15) is 0 Å². The molecular formula is C22H32O6. The number of hydrogen-bond donors (Lipinski definition) is 0. The predicted molar refractivity (Wildman–Crippen MR) is 105 cm³/mol. The second kappa shape index (κ2) is 11.2. The molecule has 1 aliphatic rings. The van der Waals surface area contributed by atoms with Crippen molar-refractivity contribution in [2.45, 2.75) is 65.3 Å². The zero-order valence-electron chi connectivity index (χ0n) is 17.2. The molecule has 1 aromatic carbocycles. The topological polar surface area (TPSA) is 71.1 Å². The van der Waals surface area contributed by atoms with Gasteiger partial charge in [0.25, 0.3) is 0 Å². The second-order valence-electron chi connectivity index (χ2n) is 7.02. The predicted octanol–water partition coefficient (Wildman–Crippen LogP) is 4.72. The fourth-order valence-electron chi connectivity index (χ4n) is 3.24. The Hall–Kier alpha value is -1.92. The number of hydrogen-bond acceptors (Lipinski definition) is 6. The summed E-state index contributed by atoms with van der Waals surface area (Å²) >= 11 is 0. The average molecular weight is 392 g/mol. The lowest BCUT2D eigenvalue weighted by molar-refractivity contribution is -0.332. The minimum Gasteiger partial charge on any atom is -0.462 e. The van der Waals surface area contributed by atoms with Crippen LogP contribution in [0.2, 0.25) is 0 Å². The van der Waals surface area contributed by atoms with Crippen LogP contribution < -0.4 is 0 Å². The molecule has 2 atom stereocenters. The maximum absolute atomic E-state index is 12.8. The van der Waals surface area contributed by atoms with E-state index in [1.807, 2.05) is 6.92 Å². The summed E-state index contributed by atoms with van der Waals surface area (Å²) < 4.78 is 22.1. The summed E-state index contributed by atoms with van der Waals surface area (Å²) in [4.78, 5) is 25.4. The van der Waals surface area contributed by atoms with E-state index in [1.165, 1.54) is 0 Å². The third-order valence-electron chi connectivity index (χ3n) is 4.92. The van der Waals surface area contributed by atoms with Crippen molar-refractivity contribution >= 4 is 11.9 Å². The van der Waals surface area contributed by atoms with Gasteiger partial charge in [0.05, 0.1) is 30.9 Å². The molecule has 0 N–H and O–H groups in total. The molecular weight excluding hydrogens is 360 g/mol. The van der Waals surface area contributed by atoms with Gasteiger partial charge in [-0.1, -0.05) is 45.2 Å². The Bertz CT molecular complexity index is 636. The molecule has 28 heavy (non-hydrogen) atoms. The summed E-state index contributed by atoms with van der Waals surface area (Å²) in [6.45, 7) is 7.22. The molecule has 0 amide bonds. The van der Waals surface area contributed by atoms with E-state index >= 15 is 0 Å². The molecule has 6 heteroatoms. The van der Waals surface area contributed by atoms with Gasteiger partial charge in [-0.3, -0.25) is 0 Å². The third kappa shape index (κ3) is 6.04. The van der Waals surface area contributed by atoms with Gasteiger partial charge in [-0.15, -0.1) is 0 Å². The van der Waals surface area contributed by atoms with E-state index in [1.54, 1.807) is 24.3 Å². The van der Waals surface area contributed by atoms with Crippen LogP contribution in [0.1, 0.15) is 80.0 Å². The first-order valence-electron chi connectivity index (χ1n) is 10.3. The van der Waals surface area contributed by atoms with E-state index in [-0.39, 0.29) is 11.1 Å². The van der Waals surface area contributed by atoms with Gasteiger partial charge in [-0.25, -0.2) is 9.59 Å². The maximum Gasteiger partial charge on any atom is 0.343 e. The highest BCUT2D eigenvalue weighted by Crippen LogP contribution is 2.30. The number of carbonyl (C=O) groups is 2. The summed E-state index contributed by atoms with van der Waals surface area (Å²) in [6.07, 6.45) is 5.41. The third-order valence-corrected chi connectivity index (χ3v) is 4.92. The molecule has 0 aromatic heterocycles. The summed E-state index contributed by atoms with van der Waals surface area (Å²) in [5.41, 5.74) is 0.353. The van der Waals surface area contributed by atoms with Gasteiger partial charge < -0.3 is 18.9 Å². The van der Waals surface area contributed by atoms with Crippen molar-refractivity contribution in [2.24, 2.45) is 5.92 Å². The molecule has 1 aliphatic heterocycles. The van der Waals surface area contributed by atoms with Crippen LogP contribution in [0.5, 0.6) is 0 Å². The molecule has 156 valence electrons. The van der Waals surface area contributed by atoms with Gasteiger partial charge in [0.15, 0.2) is 0 Å². The number of benzene rings is 1. The van der Waals surface area contributed by atoms with Gasteiger partial charge in [0.2, 0.25) is 0 Å². The van der Waals surface area contributed by atoms with Gasteiger partial charge in [-0.05, 0) is 37.8 Å². The van der Waals surface area contributed by atoms with Gasteiger partial charge >= 0.3 is 17.9 Å². The smallest absolute Gasteiger partial charge is 0.343 e. The van der Waals surface area contributed by atoms with E-state index in [2.05, 4.69) is 13.8 Å². The summed E-state index contributed by atoms with van der Waals surface area (Å²) in [6, 6.07) is 6.52. The van der Waals surface area contributed by atoms with Crippen molar-refractivity contribution in [1.82, 2.24) is 0 Å². The van der Waals surface area contributed by atoms with Crippen LogP contribution in [0.3, 0.4) is 0 Å². The van der Waals surface area contributed by atoms with E-state index in [4.69, 9.17) is 18.9 Å². The highest BCUT2D eigenvalue weighted by molar-refractivity contribution is 6.03. The first-order chi connectivity index (χ1) is 13.5. The Morgan fingerprint density at radius 3 is 2.43 bits per heavy atom. The SMILES string of the molecule is CCCCC(CC)COC(=O)c1ccccc1C(=O)OC1(OCC)CCCO1. The van der Waals surface area contributed by atoms with Crippen LogP contribution in [-0.4, -0.2) is 37.7 Å². The van der Waals surface area contributed by atoms with Crippen LogP contribution >= 0.6 is 0 Å². The lowest BCUT2D eigenvalue weighted by atomic mass is 10.0. The van der Waals surface area contributed by atoms with Crippen molar-refractivity contribution in [1.29, 1.82) is 0 Å². The molecule has 1 saturated heterocycles. The monoisotopic (exact) mass is 392 g/mol. The Labute approximate surface area is 167 Å². The fourth-order valence-corrected chi connectivity index (χ4v) is 3.24. The standard InChI is InChI=1S/C22H32O6/c1-4-7-11-17(5-2)16-25-20(23)18-12-8-9-13-19(18)21(24)28-22(26-6-3)14-10-15-27-22/h8-9,12-13,17H,4-7,10-11,14-16H2,1-3H3. The Kier molecular flexibility index (Phi) is 8.93. The Morgan fingerprint density at radius 1 is 1.14 bits per heavy atom. The highest BCUT2D eigenvalue weighted by atomic mass is 16.9.